The van der Waals surface area contributed by atoms with E-state index in [1.807, 2.05) is 6.92 Å². The van der Waals surface area contributed by atoms with Gasteiger partial charge in [0.2, 0.25) is 5.95 Å². The Morgan fingerprint density at radius 2 is 2.05 bits per heavy atom. The Bertz CT molecular complexity index is 413. The fourth-order valence-corrected chi connectivity index (χ4v) is 2.84. The number of anilines is 1. The molecule has 112 valence electrons. The van der Waals surface area contributed by atoms with E-state index >= 15 is 0 Å². The largest absolute Gasteiger partial charge is 0.464 e. The molecule has 0 amide bonds. The second kappa shape index (κ2) is 8.26. The summed E-state index contributed by atoms with van der Waals surface area (Å²) in [6.07, 6.45) is 3.11. The van der Waals surface area contributed by atoms with E-state index in [0.29, 0.717) is 23.8 Å². The van der Waals surface area contributed by atoms with Crippen LogP contribution >= 0.6 is 11.8 Å². The minimum Gasteiger partial charge on any atom is -0.464 e. The molecule has 20 heavy (non-hydrogen) atoms. The van der Waals surface area contributed by atoms with Crippen molar-refractivity contribution < 1.29 is 9.47 Å². The number of thioether (sulfide) groups is 1. The van der Waals surface area contributed by atoms with Gasteiger partial charge in [-0.05, 0) is 26.2 Å². The first-order valence-corrected chi connectivity index (χ1v) is 8.07. The topological polar surface area (TPSA) is 69.2 Å². The molecule has 0 saturated carbocycles. The molecule has 2 heterocycles. The molecule has 0 aromatic carbocycles. The average molecular weight is 298 g/mol. The maximum Gasteiger partial charge on any atom is 0.322 e. The Balaban J connectivity index is 2.06. The highest BCUT2D eigenvalue weighted by Gasteiger charge is 2.18. The summed E-state index contributed by atoms with van der Waals surface area (Å²) in [5, 5.41) is 4.43. The first-order valence-electron chi connectivity index (χ1n) is 7.19. The molecular weight excluding hydrogens is 276 g/mol. The molecule has 1 aromatic rings. The van der Waals surface area contributed by atoms with E-state index in [2.05, 4.69) is 27.2 Å². The predicted molar refractivity (Wildman–Crippen MR) is 79.5 cm³/mol. The molecule has 1 aliphatic rings. The van der Waals surface area contributed by atoms with Crippen molar-refractivity contribution in [2.75, 3.05) is 31.7 Å². The van der Waals surface area contributed by atoms with E-state index in [4.69, 9.17) is 9.47 Å². The minimum absolute atomic E-state index is 0.399. The normalized spacial score (nSPS) is 16.1. The quantitative estimate of drug-likeness (QED) is 0.828. The zero-order valence-corrected chi connectivity index (χ0v) is 12.9. The number of nitrogens with one attached hydrogen (secondary N) is 1. The van der Waals surface area contributed by atoms with E-state index in [9.17, 15) is 0 Å². The second-order valence-corrected chi connectivity index (χ2v) is 5.78. The van der Waals surface area contributed by atoms with Crippen molar-refractivity contribution >= 4 is 17.7 Å². The fraction of sp³-hybridized carbons (Fsp3) is 0.769. The van der Waals surface area contributed by atoms with E-state index in [0.717, 1.165) is 44.2 Å². The molecule has 0 aliphatic carbocycles. The van der Waals surface area contributed by atoms with Crippen molar-refractivity contribution in [1.82, 2.24) is 15.0 Å². The zero-order valence-electron chi connectivity index (χ0n) is 12.1. The van der Waals surface area contributed by atoms with E-state index in [1.54, 1.807) is 11.8 Å². The van der Waals surface area contributed by atoms with Gasteiger partial charge in [-0.1, -0.05) is 18.7 Å². The number of aromatic nitrogens is 3. The molecule has 1 aromatic heterocycles. The van der Waals surface area contributed by atoms with E-state index in [1.165, 1.54) is 0 Å². The number of hydrogen-bond acceptors (Lipinski definition) is 7. The van der Waals surface area contributed by atoms with Gasteiger partial charge in [0, 0.05) is 25.0 Å². The monoisotopic (exact) mass is 298 g/mol. The van der Waals surface area contributed by atoms with Crippen LogP contribution in [0.2, 0.25) is 0 Å². The van der Waals surface area contributed by atoms with Crippen LogP contribution in [-0.2, 0) is 4.74 Å². The lowest BCUT2D eigenvalue weighted by molar-refractivity contribution is 0.1000. The second-order valence-electron chi connectivity index (χ2n) is 4.51. The maximum atomic E-state index is 5.42. The van der Waals surface area contributed by atoms with Crippen LogP contribution in [0.5, 0.6) is 6.01 Å². The van der Waals surface area contributed by atoms with Crippen molar-refractivity contribution in [1.29, 1.82) is 0 Å². The summed E-state index contributed by atoms with van der Waals surface area (Å²) in [6.45, 7) is 7.07. The fourth-order valence-electron chi connectivity index (χ4n) is 1.84. The van der Waals surface area contributed by atoms with Gasteiger partial charge in [0.15, 0.2) is 5.16 Å². The first-order chi connectivity index (χ1) is 9.81. The van der Waals surface area contributed by atoms with Gasteiger partial charge in [0.25, 0.3) is 0 Å². The standard InChI is InChI=1S/C13H22N4O2S/c1-3-7-14-11-15-12(19-4-2)17-13(16-11)20-10-5-8-18-9-6-10/h10H,3-9H2,1-2H3,(H,14,15,16,17). The van der Waals surface area contributed by atoms with Gasteiger partial charge in [0.05, 0.1) is 6.61 Å². The molecule has 1 aliphatic heterocycles. The molecule has 1 saturated heterocycles. The van der Waals surface area contributed by atoms with Crippen LogP contribution < -0.4 is 10.1 Å². The molecule has 0 radical (unpaired) electrons. The third-order valence-corrected chi connectivity index (χ3v) is 4.04. The molecule has 1 fully saturated rings. The Hall–Kier alpha value is -1.08. The highest BCUT2D eigenvalue weighted by molar-refractivity contribution is 7.99. The average Bonchev–Trinajstić information content (AvgIpc) is 2.46. The number of nitrogens with zero attached hydrogens (tertiary/aromatic N) is 3. The number of rotatable bonds is 7. The Morgan fingerprint density at radius 1 is 1.25 bits per heavy atom. The summed E-state index contributed by atoms with van der Waals surface area (Å²) in [7, 11) is 0. The predicted octanol–water partition coefficient (Wildman–Crippen LogP) is 2.36. The lowest BCUT2D eigenvalue weighted by Crippen LogP contribution is -2.18. The molecule has 1 N–H and O–H groups in total. The molecular formula is C13H22N4O2S. The minimum atomic E-state index is 0.399. The Labute approximate surface area is 124 Å². The summed E-state index contributed by atoms with van der Waals surface area (Å²) in [5.41, 5.74) is 0. The Kier molecular flexibility index (Phi) is 6.32. The highest BCUT2D eigenvalue weighted by Crippen LogP contribution is 2.28. The van der Waals surface area contributed by atoms with Crippen molar-refractivity contribution in [3.63, 3.8) is 0 Å². The van der Waals surface area contributed by atoms with Gasteiger partial charge in [-0.25, -0.2) is 0 Å². The van der Waals surface area contributed by atoms with Gasteiger partial charge in [-0.15, -0.1) is 0 Å². The summed E-state index contributed by atoms with van der Waals surface area (Å²) < 4.78 is 10.8. The number of hydrogen-bond donors (Lipinski definition) is 1. The van der Waals surface area contributed by atoms with E-state index in [-0.39, 0.29) is 0 Å². The van der Waals surface area contributed by atoms with Crippen LogP contribution in [0.1, 0.15) is 33.1 Å². The molecule has 0 spiro atoms. The first kappa shape index (κ1) is 15.3. The van der Waals surface area contributed by atoms with Gasteiger partial charge in [-0.3, -0.25) is 0 Å². The molecule has 0 bridgehead atoms. The van der Waals surface area contributed by atoms with E-state index < -0.39 is 0 Å². The lowest BCUT2D eigenvalue weighted by atomic mass is 10.2. The molecule has 0 unspecified atom stereocenters. The SMILES string of the molecule is CCCNc1nc(OCC)nc(SC2CCOCC2)n1. The smallest absolute Gasteiger partial charge is 0.322 e. The third kappa shape index (κ3) is 4.79. The van der Waals surface area contributed by atoms with Crippen molar-refractivity contribution in [2.24, 2.45) is 0 Å². The molecule has 2 rings (SSSR count). The van der Waals surface area contributed by atoms with Crippen molar-refractivity contribution in [2.45, 2.75) is 43.5 Å². The third-order valence-electron chi connectivity index (χ3n) is 2.84. The summed E-state index contributed by atoms with van der Waals surface area (Å²) in [5.74, 6) is 0.597. The summed E-state index contributed by atoms with van der Waals surface area (Å²) in [6, 6.07) is 0.399. The summed E-state index contributed by atoms with van der Waals surface area (Å²) >= 11 is 1.69. The van der Waals surface area contributed by atoms with Gasteiger partial charge in [0.1, 0.15) is 0 Å². The lowest BCUT2D eigenvalue weighted by Gasteiger charge is -2.20. The van der Waals surface area contributed by atoms with Crippen LogP contribution in [0.3, 0.4) is 0 Å². The molecule has 7 heteroatoms. The van der Waals surface area contributed by atoms with Crippen molar-refractivity contribution in [3.8, 4) is 6.01 Å². The molecule has 6 nitrogen and oxygen atoms in total. The van der Waals surface area contributed by atoms with Gasteiger partial charge < -0.3 is 14.8 Å². The Morgan fingerprint density at radius 3 is 2.75 bits per heavy atom. The number of ether oxygens (including phenoxy) is 2. The van der Waals surface area contributed by atoms with Crippen molar-refractivity contribution in [3.05, 3.63) is 0 Å². The van der Waals surface area contributed by atoms with Crippen LogP contribution in [0, 0.1) is 0 Å². The summed E-state index contributed by atoms with van der Waals surface area (Å²) in [4.78, 5) is 13.1. The van der Waals surface area contributed by atoms with Crippen LogP contribution in [0.4, 0.5) is 5.95 Å². The molecule has 0 atom stereocenters. The maximum absolute atomic E-state index is 5.42. The van der Waals surface area contributed by atoms with Crippen LogP contribution in [0.25, 0.3) is 0 Å². The highest BCUT2D eigenvalue weighted by atomic mass is 32.2. The van der Waals surface area contributed by atoms with Gasteiger partial charge >= 0.3 is 6.01 Å². The van der Waals surface area contributed by atoms with Gasteiger partial charge in [-0.2, -0.15) is 15.0 Å². The zero-order chi connectivity index (χ0) is 14.2. The van der Waals surface area contributed by atoms with Crippen LogP contribution in [-0.4, -0.2) is 46.6 Å². The van der Waals surface area contributed by atoms with Crippen LogP contribution in [0.15, 0.2) is 5.16 Å².